The predicted molar refractivity (Wildman–Crippen MR) is 67.7 cm³/mol. The van der Waals surface area contributed by atoms with Crippen LogP contribution in [0.15, 0.2) is 0 Å². The lowest BCUT2D eigenvalue weighted by Gasteiger charge is -2.07. The van der Waals surface area contributed by atoms with Crippen LogP contribution in [0.3, 0.4) is 0 Å². The van der Waals surface area contributed by atoms with Crippen molar-refractivity contribution < 1.29 is 14.7 Å². The van der Waals surface area contributed by atoms with E-state index in [1.807, 2.05) is 6.92 Å². The molecule has 0 radical (unpaired) electrons. The molecule has 0 aromatic carbocycles. The highest BCUT2D eigenvalue weighted by molar-refractivity contribution is 7.15. The van der Waals surface area contributed by atoms with E-state index in [0.717, 1.165) is 11.4 Å². The van der Waals surface area contributed by atoms with Gasteiger partial charge in [0, 0.05) is 6.54 Å². The maximum Gasteiger partial charge on any atom is 0.321 e. The number of aryl methyl sites for hydroxylation is 1. The van der Waals surface area contributed by atoms with E-state index in [0.29, 0.717) is 18.1 Å². The van der Waals surface area contributed by atoms with Crippen LogP contribution in [0.2, 0.25) is 0 Å². The molecule has 100 valence electrons. The Labute approximate surface area is 109 Å². The second-order valence-electron chi connectivity index (χ2n) is 3.76. The Hall–Kier alpha value is -1.70. The first-order chi connectivity index (χ1) is 8.52. The van der Waals surface area contributed by atoms with Gasteiger partial charge in [0.05, 0.1) is 5.92 Å². The molecule has 8 heteroatoms. The number of nitrogens with zero attached hydrogens (tertiary/aromatic N) is 2. The van der Waals surface area contributed by atoms with Gasteiger partial charge in [0.15, 0.2) is 0 Å². The van der Waals surface area contributed by atoms with Crippen molar-refractivity contribution in [2.24, 2.45) is 5.92 Å². The van der Waals surface area contributed by atoms with E-state index >= 15 is 0 Å². The number of aromatic nitrogens is 2. The minimum absolute atomic E-state index is 0.304. The normalized spacial score (nSPS) is 11.9. The number of nitrogens with one attached hydrogen (secondary N) is 2. The summed E-state index contributed by atoms with van der Waals surface area (Å²) in [5.74, 6) is -1.34. The minimum Gasteiger partial charge on any atom is -0.481 e. The van der Waals surface area contributed by atoms with Crippen LogP contribution in [-0.4, -0.2) is 33.8 Å². The van der Waals surface area contributed by atoms with E-state index < -0.39 is 17.9 Å². The summed E-state index contributed by atoms with van der Waals surface area (Å²) in [5.41, 5.74) is 0. The summed E-state index contributed by atoms with van der Waals surface area (Å²) in [6, 6.07) is -0.397. The van der Waals surface area contributed by atoms with Crippen LogP contribution in [0.4, 0.5) is 9.93 Å². The third-order valence-corrected chi connectivity index (χ3v) is 3.26. The molecule has 18 heavy (non-hydrogen) atoms. The van der Waals surface area contributed by atoms with Crippen LogP contribution >= 0.6 is 11.3 Å². The Morgan fingerprint density at radius 3 is 2.72 bits per heavy atom. The molecule has 0 aliphatic heterocycles. The number of urea groups is 1. The molecule has 1 unspecified atom stereocenters. The van der Waals surface area contributed by atoms with Crippen LogP contribution in [-0.2, 0) is 11.2 Å². The van der Waals surface area contributed by atoms with E-state index in [-0.39, 0.29) is 0 Å². The average molecular weight is 272 g/mol. The summed E-state index contributed by atoms with van der Waals surface area (Å²) < 4.78 is 0. The number of hydrogen-bond acceptors (Lipinski definition) is 5. The van der Waals surface area contributed by atoms with Crippen molar-refractivity contribution >= 4 is 28.5 Å². The molecule has 1 heterocycles. The third-order valence-electron chi connectivity index (χ3n) is 2.27. The van der Waals surface area contributed by atoms with Crippen LogP contribution < -0.4 is 10.6 Å². The third kappa shape index (κ3) is 4.66. The lowest BCUT2D eigenvalue weighted by molar-refractivity contribution is -0.141. The number of rotatable bonds is 6. The Balaban J connectivity index is 2.27. The number of amides is 2. The number of carbonyl (C=O) groups is 2. The fraction of sp³-hybridized carbons (Fsp3) is 0.600. The Kier molecular flexibility index (Phi) is 5.50. The van der Waals surface area contributed by atoms with Gasteiger partial charge in [0.2, 0.25) is 5.13 Å². The number of carboxylic acids is 1. The molecule has 1 atom stereocenters. The van der Waals surface area contributed by atoms with E-state index in [1.54, 1.807) is 6.92 Å². The number of anilines is 1. The molecule has 0 fully saturated rings. The molecular formula is C10H16N4O3S. The second kappa shape index (κ2) is 6.90. The first kappa shape index (κ1) is 14.4. The zero-order valence-electron chi connectivity index (χ0n) is 10.3. The maximum absolute atomic E-state index is 11.4. The molecule has 0 saturated heterocycles. The minimum atomic E-state index is -0.867. The Morgan fingerprint density at radius 2 is 2.17 bits per heavy atom. The van der Waals surface area contributed by atoms with Crippen LogP contribution in [0.1, 0.15) is 25.3 Å². The van der Waals surface area contributed by atoms with Crippen molar-refractivity contribution in [1.29, 1.82) is 0 Å². The summed E-state index contributed by atoms with van der Waals surface area (Å²) in [5, 5.41) is 22.7. The standard InChI is InChI=1S/C10H16N4O3S/c1-3-7-13-14-10(18-7)12-9(17)11-5-4-6(2)8(15)16/h6H,3-5H2,1-2H3,(H,15,16)(H2,11,12,14,17). The topological polar surface area (TPSA) is 104 Å². The molecule has 0 spiro atoms. The lowest BCUT2D eigenvalue weighted by atomic mass is 10.1. The average Bonchev–Trinajstić information content (AvgIpc) is 2.76. The van der Waals surface area contributed by atoms with Gasteiger partial charge in [-0.15, -0.1) is 10.2 Å². The van der Waals surface area contributed by atoms with Gasteiger partial charge in [-0.3, -0.25) is 10.1 Å². The summed E-state index contributed by atoms with van der Waals surface area (Å²) in [6.45, 7) is 3.86. The largest absolute Gasteiger partial charge is 0.481 e. The van der Waals surface area contributed by atoms with Gasteiger partial charge in [-0.1, -0.05) is 25.2 Å². The summed E-state index contributed by atoms with van der Waals surface area (Å²) in [4.78, 5) is 22.0. The number of carboxylic acid groups (broad SMARTS) is 1. The Bertz CT molecular complexity index is 421. The smallest absolute Gasteiger partial charge is 0.321 e. The SMILES string of the molecule is CCc1nnc(NC(=O)NCCC(C)C(=O)O)s1. The fourth-order valence-corrected chi connectivity index (χ4v) is 1.79. The van der Waals surface area contributed by atoms with E-state index in [9.17, 15) is 9.59 Å². The molecule has 0 aliphatic carbocycles. The van der Waals surface area contributed by atoms with Gasteiger partial charge in [0.25, 0.3) is 0 Å². The number of carbonyl (C=O) groups excluding carboxylic acids is 1. The van der Waals surface area contributed by atoms with Crippen molar-refractivity contribution in [3.05, 3.63) is 5.01 Å². The number of hydrogen-bond donors (Lipinski definition) is 3. The van der Waals surface area contributed by atoms with Gasteiger partial charge in [0.1, 0.15) is 5.01 Å². The van der Waals surface area contributed by atoms with Crippen LogP contribution in [0.25, 0.3) is 0 Å². The van der Waals surface area contributed by atoms with Crippen molar-refractivity contribution in [2.45, 2.75) is 26.7 Å². The second-order valence-corrected chi connectivity index (χ2v) is 4.83. The van der Waals surface area contributed by atoms with Gasteiger partial charge < -0.3 is 10.4 Å². The lowest BCUT2D eigenvalue weighted by Crippen LogP contribution is -2.31. The Morgan fingerprint density at radius 1 is 1.44 bits per heavy atom. The molecule has 1 aromatic heterocycles. The first-order valence-electron chi connectivity index (χ1n) is 5.63. The monoisotopic (exact) mass is 272 g/mol. The van der Waals surface area contributed by atoms with Gasteiger partial charge in [-0.2, -0.15) is 0 Å². The van der Waals surface area contributed by atoms with Crippen LogP contribution in [0, 0.1) is 5.92 Å². The zero-order valence-corrected chi connectivity index (χ0v) is 11.1. The predicted octanol–water partition coefficient (Wildman–Crippen LogP) is 1.33. The molecule has 0 aliphatic rings. The molecule has 2 amide bonds. The van der Waals surface area contributed by atoms with Gasteiger partial charge in [-0.25, -0.2) is 4.79 Å². The van der Waals surface area contributed by atoms with Crippen LogP contribution in [0.5, 0.6) is 0 Å². The molecule has 7 nitrogen and oxygen atoms in total. The summed E-state index contributed by atoms with van der Waals surface area (Å²) in [7, 11) is 0. The molecule has 3 N–H and O–H groups in total. The number of aliphatic carboxylic acids is 1. The molecule has 1 rings (SSSR count). The van der Waals surface area contributed by atoms with E-state index in [4.69, 9.17) is 5.11 Å². The van der Waals surface area contributed by atoms with Crippen molar-refractivity contribution in [2.75, 3.05) is 11.9 Å². The maximum atomic E-state index is 11.4. The molecule has 0 saturated carbocycles. The van der Waals surface area contributed by atoms with Gasteiger partial charge in [-0.05, 0) is 12.8 Å². The van der Waals surface area contributed by atoms with E-state index in [1.165, 1.54) is 11.3 Å². The highest BCUT2D eigenvalue weighted by Gasteiger charge is 2.11. The molecule has 0 bridgehead atoms. The van der Waals surface area contributed by atoms with Crippen molar-refractivity contribution in [3.8, 4) is 0 Å². The quantitative estimate of drug-likeness (QED) is 0.724. The molecule has 1 aromatic rings. The van der Waals surface area contributed by atoms with Crippen molar-refractivity contribution in [3.63, 3.8) is 0 Å². The highest BCUT2D eigenvalue weighted by atomic mass is 32.1. The zero-order chi connectivity index (χ0) is 13.5. The molecular weight excluding hydrogens is 256 g/mol. The summed E-state index contributed by atoms with van der Waals surface area (Å²) >= 11 is 1.32. The van der Waals surface area contributed by atoms with E-state index in [2.05, 4.69) is 20.8 Å². The first-order valence-corrected chi connectivity index (χ1v) is 6.44. The highest BCUT2D eigenvalue weighted by Crippen LogP contribution is 2.14. The van der Waals surface area contributed by atoms with Gasteiger partial charge >= 0.3 is 12.0 Å². The van der Waals surface area contributed by atoms with Crippen molar-refractivity contribution in [1.82, 2.24) is 15.5 Å². The summed E-state index contributed by atoms with van der Waals surface area (Å²) in [6.07, 6.45) is 1.16. The fourth-order valence-electron chi connectivity index (χ4n) is 1.11.